The number of hydrogen-bond donors (Lipinski definition) is 2. The molecule has 0 aromatic heterocycles. The predicted molar refractivity (Wildman–Crippen MR) is 94.8 cm³/mol. The van der Waals surface area contributed by atoms with Gasteiger partial charge in [0.2, 0.25) is 5.91 Å². The highest BCUT2D eigenvalue weighted by Gasteiger charge is 2.21. The normalized spacial score (nSPS) is 18.8. The molecule has 1 heterocycles. The number of amides is 1. The molecule has 0 aliphatic carbocycles. The maximum atomic E-state index is 12.5. The van der Waals surface area contributed by atoms with Crippen LogP contribution in [0.2, 0.25) is 0 Å². The molecule has 2 aromatic carbocycles. The third-order valence-electron chi connectivity index (χ3n) is 4.28. The zero-order valence-electron chi connectivity index (χ0n) is 14.0. The topological polar surface area (TPSA) is 50.4 Å². The van der Waals surface area contributed by atoms with E-state index in [0.29, 0.717) is 19.6 Å². The number of hydrogen-bond acceptors (Lipinski definition) is 3. The van der Waals surface area contributed by atoms with Crippen LogP contribution in [0.3, 0.4) is 0 Å². The molecule has 0 radical (unpaired) electrons. The number of rotatable bonds is 5. The molecule has 0 bridgehead atoms. The summed E-state index contributed by atoms with van der Waals surface area (Å²) in [6.07, 6.45) is 0.426. The van der Waals surface area contributed by atoms with Crippen molar-refractivity contribution in [2.45, 2.75) is 25.4 Å². The first-order valence-electron chi connectivity index (χ1n) is 8.44. The van der Waals surface area contributed by atoms with E-state index in [1.54, 1.807) is 0 Å². The highest BCUT2D eigenvalue weighted by molar-refractivity contribution is 5.77. The molecule has 2 aromatic rings. The SMILES string of the molecule is Cc1ccc(C(NC(=O)CC2COCCN2)c2ccccc2)cc1. The van der Waals surface area contributed by atoms with Crippen LogP contribution in [-0.2, 0) is 9.53 Å². The lowest BCUT2D eigenvalue weighted by Crippen LogP contribution is -2.44. The largest absolute Gasteiger partial charge is 0.378 e. The first-order chi connectivity index (χ1) is 11.7. The van der Waals surface area contributed by atoms with E-state index in [4.69, 9.17) is 4.74 Å². The van der Waals surface area contributed by atoms with Crippen molar-refractivity contribution in [3.8, 4) is 0 Å². The van der Waals surface area contributed by atoms with Crippen molar-refractivity contribution >= 4 is 5.91 Å². The fourth-order valence-corrected chi connectivity index (χ4v) is 2.96. The van der Waals surface area contributed by atoms with E-state index >= 15 is 0 Å². The maximum Gasteiger partial charge on any atom is 0.222 e. The number of carbonyl (C=O) groups excluding carboxylic acids is 1. The standard InChI is InChI=1S/C20H24N2O2/c1-15-7-9-17(10-8-15)20(16-5-3-2-4-6-16)22-19(23)13-18-14-24-12-11-21-18/h2-10,18,20-21H,11-14H2,1H3,(H,22,23). The van der Waals surface area contributed by atoms with E-state index in [1.165, 1.54) is 5.56 Å². The number of carbonyl (C=O) groups is 1. The van der Waals surface area contributed by atoms with Crippen molar-refractivity contribution in [3.05, 3.63) is 71.3 Å². The number of morpholine rings is 1. The van der Waals surface area contributed by atoms with E-state index in [1.807, 2.05) is 30.3 Å². The summed E-state index contributed by atoms with van der Waals surface area (Å²) in [5.41, 5.74) is 3.39. The van der Waals surface area contributed by atoms with E-state index < -0.39 is 0 Å². The van der Waals surface area contributed by atoms with Crippen LogP contribution in [0.15, 0.2) is 54.6 Å². The lowest BCUT2D eigenvalue weighted by Gasteiger charge is -2.25. The molecule has 0 spiro atoms. The van der Waals surface area contributed by atoms with Gasteiger partial charge in [-0.05, 0) is 18.1 Å². The Labute approximate surface area is 143 Å². The lowest BCUT2D eigenvalue weighted by atomic mass is 9.97. The molecule has 1 aliphatic rings. The molecule has 1 amide bonds. The van der Waals surface area contributed by atoms with Gasteiger partial charge in [0.15, 0.2) is 0 Å². The van der Waals surface area contributed by atoms with Gasteiger partial charge in [0.05, 0.1) is 19.3 Å². The molecule has 4 heteroatoms. The third-order valence-corrected chi connectivity index (χ3v) is 4.28. The van der Waals surface area contributed by atoms with Crippen molar-refractivity contribution < 1.29 is 9.53 Å². The molecule has 4 nitrogen and oxygen atoms in total. The average Bonchev–Trinajstić information content (AvgIpc) is 2.62. The molecule has 1 saturated heterocycles. The van der Waals surface area contributed by atoms with Gasteiger partial charge in [-0.25, -0.2) is 0 Å². The zero-order chi connectivity index (χ0) is 16.8. The van der Waals surface area contributed by atoms with Gasteiger partial charge in [0.1, 0.15) is 0 Å². The molecule has 24 heavy (non-hydrogen) atoms. The van der Waals surface area contributed by atoms with Crippen molar-refractivity contribution in [3.63, 3.8) is 0 Å². The zero-order valence-corrected chi connectivity index (χ0v) is 14.0. The summed E-state index contributed by atoms with van der Waals surface area (Å²) in [4.78, 5) is 12.5. The number of aryl methyl sites for hydroxylation is 1. The summed E-state index contributed by atoms with van der Waals surface area (Å²) in [6, 6.07) is 18.3. The molecule has 0 saturated carbocycles. The smallest absolute Gasteiger partial charge is 0.222 e. The minimum atomic E-state index is -0.135. The summed E-state index contributed by atoms with van der Waals surface area (Å²) < 4.78 is 5.43. The van der Waals surface area contributed by atoms with Crippen molar-refractivity contribution in [1.82, 2.24) is 10.6 Å². The van der Waals surface area contributed by atoms with Crippen LogP contribution in [0.5, 0.6) is 0 Å². The molecular weight excluding hydrogens is 300 g/mol. The van der Waals surface area contributed by atoms with Crippen LogP contribution in [0.4, 0.5) is 0 Å². The van der Waals surface area contributed by atoms with Crippen molar-refractivity contribution in [2.24, 2.45) is 0 Å². The average molecular weight is 324 g/mol. The minimum absolute atomic E-state index is 0.0347. The third kappa shape index (κ3) is 4.43. The monoisotopic (exact) mass is 324 g/mol. The lowest BCUT2D eigenvalue weighted by molar-refractivity contribution is -0.122. The van der Waals surface area contributed by atoms with Crippen LogP contribution < -0.4 is 10.6 Å². The predicted octanol–water partition coefficient (Wildman–Crippen LogP) is 2.58. The Kier molecular flexibility index (Phi) is 5.62. The van der Waals surface area contributed by atoms with Crippen LogP contribution in [-0.4, -0.2) is 31.7 Å². The van der Waals surface area contributed by atoms with Crippen LogP contribution in [0.1, 0.15) is 29.2 Å². The Balaban J connectivity index is 1.74. The second-order valence-electron chi connectivity index (χ2n) is 6.25. The molecule has 3 rings (SSSR count). The van der Waals surface area contributed by atoms with Gasteiger partial charge in [0, 0.05) is 19.0 Å². The van der Waals surface area contributed by atoms with E-state index in [2.05, 4.69) is 41.8 Å². The Morgan fingerprint density at radius 2 is 1.88 bits per heavy atom. The molecule has 2 N–H and O–H groups in total. The maximum absolute atomic E-state index is 12.5. The van der Waals surface area contributed by atoms with Crippen LogP contribution in [0.25, 0.3) is 0 Å². The summed E-state index contributed by atoms with van der Waals surface area (Å²) >= 11 is 0. The number of nitrogens with one attached hydrogen (secondary N) is 2. The summed E-state index contributed by atoms with van der Waals surface area (Å²) in [7, 11) is 0. The first-order valence-corrected chi connectivity index (χ1v) is 8.44. The second kappa shape index (κ2) is 8.08. The van der Waals surface area contributed by atoms with E-state index in [9.17, 15) is 4.79 Å². The molecule has 126 valence electrons. The summed E-state index contributed by atoms with van der Waals surface area (Å²) in [6.45, 7) is 4.18. The van der Waals surface area contributed by atoms with Gasteiger partial charge in [0.25, 0.3) is 0 Å². The molecule has 2 atom stereocenters. The fraction of sp³-hybridized carbons (Fsp3) is 0.350. The highest BCUT2D eigenvalue weighted by Crippen LogP contribution is 2.22. The second-order valence-corrected chi connectivity index (χ2v) is 6.25. The molecule has 1 aliphatic heterocycles. The molecule has 2 unspecified atom stereocenters. The van der Waals surface area contributed by atoms with Crippen molar-refractivity contribution in [1.29, 1.82) is 0 Å². The Hall–Kier alpha value is -2.17. The molecule has 1 fully saturated rings. The quantitative estimate of drug-likeness (QED) is 0.889. The number of ether oxygens (including phenoxy) is 1. The van der Waals surface area contributed by atoms with E-state index in [-0.39, 0.29) is 18.0 Å². The van der Waals surface area contributed by atoms with Crippen LogP contribution in [0, 0.1) is 6.92 Å². The van der Waals surface area contributed by atoms with Gasteiger partial charge < -0.3 is 15.4 Å². The fourth-order valence-electron chi connectivity index (χ4n) is 2.96. The number of benzene rings is 2. The highest BCUT2D eigenvalue weighted by atomic mass is 16.5. The first kappa shape index (κ1) is 16.7. The van der Waals surface area contributed by atoms with E-state index in [0.717, 1.165) is 17.7 Å². The Morgan fingerprint density at radius 3 is 2.54 bits per heavy atom. The van der Waals surface area contributed by atoms with Gasteiger partial charge in [-0.2, -0.15) is 0 Å². The van der Waals surface area contributed by atoms with Gasteiger partial charge in [-0.1, -0.05) is 60.2 Å². The Morgan fingerprint density at radius 1 is 1.17 bits per heavy atom. The van der Waals surface area contributed by atoms with Gasteiger partial charge in [-0.3, -0.25) is 4.79 Å². The van der Waals surface area contributed by atoms with Gasteiger partial charge >= 0.3 is 0 Å². The Bertz CT molecular complexity index is 649. The summed E-state index contributed by atoms with van der Waals surface area (Å²) in [5, 5.41) is 6.51. The van der Waals surface area contributed by atoms with Gasteiger partial charge in [-0.15, -0.1) is 0 Å². The van der Waals surface area contributed by atoms with Crippen molar-refractivity contribution in [2.75, 3.05) is 19.8 Å². The minimum Gasteiger partial charge on any atom is -0.378 e. The summed E-state index contributed by atoms with van der Waals surface area (Å²) in [5.74, 6) is 0.0347. The molecular formula is C20H24N2O2. The van der Waals surface area contributed by atoms with Crippen LogP contribution >= 0.6 is 0 Å².